The van der Waals surface area contributed by atoms with Crippen molar-refractivity contribution in [3.05, 3.63) is 59.7 Å². The molecule has 0 radical (unpaired) electrons. The van der Waals surface area contributed by atoms with Gasteiger partial charge in [0.2, 0.25) is 0 Å². The minimum absolute atomic E-state index is 0.00759. The third kappa shape index (κ3) is 11.3. The fourth-order valence-electron chi connectivity index (χ4n) is 5.89. The van der Waals surface area contributed by atoms with Crippen LogP contribution in [0.5, 0.6) is 0 Å². The summed E-state index contributed by atoms with van der Waals surface area (Å²) in [6, 6.07) is 9.07. The molecule has 3 rings (SSSR count). The van der Waals surface area contributed by atoms with Crippen LogP contribution in [0.3, 0.4) is 0 Å². The third-order valence-corrected chi connectivity index (χ3v) is 8.65. The summed E-state index contributed by atoms with van der Waals surface area (Å²) in [6.07, 6.45) is 13.9. The summed E-state index contributed by atoms with van der Waals surface area (Å²) in [4.78, 5) is 38.1. The summed E-state index contributed by atoms with van der Waals surface area (Å²) in [5, 5.41) is 0. The molecule has 0 amide bonds. The van der Waals surface area contributed by atoms with Crippen LogP contribution in [-0.4, -0.2) is 49.9 Å². The van der Waals surface area contributed by atoms with Gasteiger partial charge in [0.1, 0.15) is 6.10 Å². The second kappa shape index (κ2) is 17.5. The minimum atomic E-state index is -0.524. The van der Waals surface area contributed by atoms with Gasteiger partial charge in [0.05, 0.1) is 18.8 Å². The molecule has 0 aromatic heterocycles. The Labute approximate surface area is 258 Å². The Bertz CT molecular complexity index is 1080. The lowest BCUT2D eigenvalue weighted by Gasteiger charge is -2.29. The topological polar surface area (TPSA) is 88.1 Å². The summed E-state index contributed by atoms with van der Waals surface area (Å²) >= 11 is 0. The van der Waals surface area contributed by atoms with Crippen LogP contribution in [0.2, 0.25) is 0 Å². The highest BCUT2D eigenvalue weighted by Gasteiger charge is 2.45. The molecule has 1 aliphatic carbocycles. The molecule has 0 spiro atoms. The number of carbonyl (C=O) groups is 3. The molecule has 7 nitrogen and oxygen atoms in total. The minimum Gasteiger partial charge on any atom is -0.469 e. The number of ether oxygens (including phenoxy) is 4. The predicted molar refractivity (Wildman–Crippen MR) is 167 cm³/mol. The van der Waals surface area contributed by atoms with E-state index < -0.39 is 5.41 Å². The molecule has 1 heterocycles. The number of hydrogen-bond donors (Lipinski definition) is 0. The molecule has 0 bridgehead atoms. The van der Waals surface area contributed by atoms with Crippen LogP contribution in [0.25, 0.3) is 0 Å². The Morgan fingerprint density at radius 2 is 1.74 bits per heavy atom. The molecule has 2 fully saturated rings. The first-order valence-corrected chi connectivity index (χ1v) is 16.1. The van der Waals surface area contributed by atoms with Gasteiger partial charge in [-0.05, 0) is 70.6 Å². The molecule has 1 saturated carbocycles. The summed E-state index contributed by atoms with van der Waals surface area (Å²) in [6.45, 7) is 8.72. The van der Waals surface area contributed by atoms with Crippen molar-refractivity contribution in [2.75, 3.05) is 13.7 Å². The molecule has 1 aromatic carbocycles. The normalized spacial score (nSPS) is 24.1. The maximum Gasteiger partial charge on any atom is 0.338 e. The monoisotopic (exact) mass is 596 g/mol. The van der Waals surface area contributed by atoms with E-state index in [1.54, 1.807) is 18.2 Å². The molecule has 1 saturated heterocycles. The lowest BCUT2D eigenvalue weighted by Crippen LogP contribution is -2.31. The highest BCUT2D eigenvalue weighted by atomic mass is 16.7. The molecular formula is C36H52O7. The van der Waals surface area contributed by atoms with Gasteiger partial charge in [-0.3, -0.25) is 9.59 Å². The molecule has 1 unspecified atom stereocenters. The van der Waals surface area contributed by atoms with E-state index in [-0.39, 0.29) is 48.1 Å². The fourth-order valence-corrected chi connectivity index (χ4v) is 5.89. The number of rotatable bonds is 16. The van der Waals surface area contributed by atoms with Crippen molar-refractivity contribution in [1.82, 2.24) is 0 Å². The van der Waals surface area contributed by atoms with Crippen LogP contribution < -0.4 is 0 Å². The molecule has 238 valence electrons. The second-order valence-electron chi connectivity index (χ2n) is 12.9. The maximum absolute atomic E-state index is 13.4. The van der Waals surface area contributed by atoms with Crippen molar-refractivity contribution < 1.29 is 33.3 Å². The smallest absolute Gasteiger partial charge is 0.338 e. The lowest BCUT2D eigenvalue weighted by molar-refractivity contribution is -0.193. The van der Waals surface area contributed by atoms with E-state index in [0.29, 0.717) is 31.4 Å². The zero-order chi connectivity index (χ0) is 31.2. The maximum atomic E-state index is 13.4. The van der Waals surface area contributed by atoms with Crippen molar-refractivity contribution in [3.63, 3.8) is 0 Å². The van der Waals surface area contributed by atoms with Gasteiger partial charge in [-0.2, -0.15) is 0 Å². The Morgan fingerprint density at radius 3 is 2.42 bits per heavy atom. The van der Waals surface area contributed by atoms with Gasteiger partial charge in [0, 0.05) is 36.7 Å². The number of esters is 2. The largest absolute Gasteiger partial charge is 0.469 e. The Hall–Kier alpha value is -2.77. The average molecular weight is 597 g/mol. The summed E-state index contributed by atoms with van der Waals surface area (Å²) in [7, 11) is 1.41. The average Bonchev–Trinajstić information content (AvgIpc) is 3.31. The third-order valence-electron chi connectivity index (χ3n) is 8.65. The Morgan fingerprint density at radius 1 is 1.00 bits per heavy atom. The molecule has 0 N–H and O–H groups in total. The van der Waals surface area contributed by atoms with Gasteiger partial charge >= 0.3 is 11.9 Å². The fraction of sp³-hybridized carbons (Fsp3) is 0.639. The standard InChI is InChI=1S/C36H52O7/c1-26(2)22-23-36(3,4)32(37)21-20-29-28(17-11-6-7-12-18-33(38)40-5)31(43-35(39)27-15-9-8-10-16-27)25-30(29)42-34-19-13-14-24-41-34/h8-10,15-16,20-22,28-31,34H,6-7,11-14,17-19,23-25H2,1-5H3/b21-20+/t28-,29-,30-,31+,34?/m1/s1. The van der Waals surface area contributed by atoms with Gasteiger partial charge in [0.15, 0.2) is 12.1 Å². The van der Waals surface area contributed by atoms with E-state index >= 15 is 0 Å². The number of methoxy groups -OCH3 is 1. The Kier molecular flexibility index (Phi) is 14.1. The SMILES string of the molecule is COC(=O)CCCCCC[C@@H]1[C@@H](/C=C/C(=O)C(C)(C)CC=C(C)C)[C@H](OC2CCCCO2)C[C@@H]1OC(=O)c1ccccc1. The molecule has 7 heteroatoms. The molecule has 1 aliphatic heterocycles. The van der Waals surface area contributed by atoms with Crippen LogP contribution in [0.1, 0.15) is 109 Å². The zero-order valence-corrected chi connectivity index (χ0v) is 26.8. The van der Waals surface area contributed by atoms with E-state index in [1.165, 1.54) is 12.7 Å². The number of allylic oxidation sites excluding steroid dienone is 3. The number of ketones is 1. The van der Waals surface area contributed by atoms with Crippen LogP contribution in [-0.2, 0) is 28.5 Å². The lowest BCUT2D eigenvalue weighted by atomic mass is 9.82. The van der Waals surface area contributed by atoms with E-state index in [4.69, 9.17) is 18.9 Å². The highest BCUT2D eigenvalue weighted by molar-refractivity contribution is 5.94. The molecular weight excluding hydrogens is 544 g/mol. The van der Waals surface area contributed by atoms with Crippen molar-refractivity contribution in [1.29, 1.82) is 0 Å². The van der Waals surface area contributed by atoms with Crippen LogP contribution >= 0.6 is 0 Å². The Balaban J connectivity index is 1.81. The van der Waals surface area contributed by atoms with Gasteiger partial charge in [-0.15, -0.1) is 0 Å². The van der Waals surface area contributed by atoms with E-state index in [2.05, 4.69) is 6.08 Å². The zero-order valence-electron chi connectivity index (χ0n) is 26.8. The quantitative estimate of drug-likeness (QED) is 0.0833. The number of hydrogen-bond acceptors (Lipinski definition) is 7. The molecule has 1 aromatic rings. The second-order valence-corrected chi connectivity index (χ2v) is 12.9. The summed E-state index contributed by atoms with van der Waals surface area (Å²) in [5.41, 5.74) is 1.19. The van der Waals surface area contributed by atoms with Crippen LogP contribution in [0.15, 0.2) is 54.1 Å². The van der Waals surface area contributed by atoms with E-state index in [0.717, 1.165) is 51.4 Å². The van der Waals surface area contributed by atoms with E-state index in [1.807, 2.05) is 52.0 Å². The van der Waals surface area contributed by atoms with Gasteiger partial charge in [0.25, 0.3) is 0 Å². The number of benzene rings is 1. The molecule has 43 heavy (non-hydrogen) atoms. The number of carbonyl (C=O) groups excluding carboxylic acids is 3. The van der Waals surface area contributed by atoms with Crippen molar-refractivity contribution >= 4 is 17.7 Å². The summed E-state index contributed by atoms with van der Waals surface area (Å²) < 4.78 is 23.4. The molecule has 2 aliphatic rings. The van der Waals surface area contributed by atoms with E-state index in [9.17, 15) is 14.4 Å². The highest BCUT2D eigenvalue weighted by Crippen LogP contribution is 2.42. The van der Waals surface area contributed by atoms with Crippen molar-refractivity contribution in [2.45, 2.75) is 117 Å². The van der Waals surface area contributed by atoms with Crippen molar-refractivity contribution in [3.8, 4) is 0 Å². The van der Waals surface area contributed by atoms with Gasteiger partial charge in [-0.25, -0.2) is 4.79 Å². The van der Waals surface area contributed by atoms with Crippen LogP contribution in [0, 0.1) is 17.3 Å². The van der Waals surface area contributed by atoms with Crippen molar-refractivity contribution in [2.24, 2.45) is 17.3 Å². The van der Waals surface area contributed by atoms with Gasteiger partial charge < -0.3 is 18.9 Å². The molecule has 5 atom stereocenters. The number of unbranched alkanes of at least 4 members (excludes halogenated alkanes) is 3. The summed E-state index contributed by atoms with van der Waals surface area (Å²) in [5.74, 6) is -0.561. The van der Waals surface area contributed by atoms with Gasteiger partial charge in [-0.1, -0.05) is 69.0 Å². The first-order valence-electron chi connectivity index (χ1n) is 16.1. The van der Waals surface area contributed by atoms with Crippen LogP contribution in [0.4, 0.5) is 0 Å². The predicted octanol–water partition coefficient (Wildman–Crippen LogP) is 7.78. The first-order chi connectivity index (χ1) is 20.6. The first kappa shape index (κ1) is 34.7.